The zero-order valence-corrected chi connectivity index (χ0v) is 11.8. The molecule has 0 aliphatic heterocycles. The molecule has 4 heteroatoms. The summed E-state index contributed by atoms with van der Waals surface area (Å²) in [6.07, 6.45) is 5.48. The molecule has 0 fully saturated rings. The zero-order valence-electron chi connectivity index (χ0n) is 11.1. The van der Waals surface area contributed by atoms with Crippen molar-refractivity contribution in [3.63, 3.8) is 0 Å². The van der Waals surface area contributed by atoms with Crippen molar-refractivity contribution < 1.29 is 14.6 Å². The first-order valence-corrected chi connectivity index (χ1v) is 6.87. The maximum atomic E-state index is 11.5. The number of Topliss-reactive ketones (excluding diaryl/α,β-unsaturated/α-hetero) is 1. The molecule has 0 saturated heterocycles. The van der Waals surface area contributed by atoms with E-state index >= 15 is 0 Å². The van der Waals surface area contributed by atoms with Gasteiger partial charge in [0.2, 0.25) is 0 Å². The standard InChI is InChI=1S/C15H19ClO3/c1-2-5-13-10-12(14(18)11-17)6-7-15(13)19-9-4-3-8-16/h3-4,6-7,10,17H,2,5,8-9,11H2,1H3. The van der Waals surface area contributed by atoms with E-state index in [1.807, 2.05) is 12.2 Å². The van der Waals surface area contributed by atoms with E-state index < -0.39 is 6.61 Å². The van der Waals surface area contributed by atoms with Crippen LogP contribution >= 0.6 is 11.6 Å². The second-order valence-electron chi connectivity index (χ2n) is 4.09. The number of carbonyl (C=O) groups excluding carboxylic acids is 1. The van der Waals surface area contributed by atoms with Gasteiger partial charge in [0.25, 0.3) is 0 Å². The van der Waals surface area contributed by atoms with Gasteiger partial charge in [-0.05, 0) is 30.2 Å². The van der Waals surface area contributed by atoms with Crippen LogP contribution in [0.3, 0.4) is 0 Å². The molecule has 104 valence electrons. The molecule has 0 heterocycles. The molecule has 0 aliphatic carbocycles. The number of halogens is 1. The van der Waals surface area contributed by atoms with Crippen LogP contribution in [0.5, 0.6) is 5.75 Å². The highest BCUT2D eigenvalue weighted by molar-refractivity contribution is 6.18. The average molecular weight is 283 g/mol. The maximum Gasteiger partial charge on any atom is 0.188 e. The highest BCUT2D eigenvalue weighted by Crippen LogP contribution is 2.22. The average Bonchev–Trinajstić information content (AvgIpc) is 2.44. The summed E-state index contributed by atoms with van der Waals surface area (Å²) in [4.78, 5) is 11.5. The lowest BCUT2D eigenvalue weighted by atomic mass is 10.0. The van der Waals surface area contributed by atoms with Crippen molar-refractivity contribution >= 4 is 17.4 Å². The molecule has 0 atom stereocenters. The summed E-state index contributed by atoms with van der Waals surface area (Å²) in [5.41, 5.74) is 1.51. The van der Waals surface area contributed by atoms with E-state index in [2.05, 4.69) is 6.92 Å². The number of hydrogen-bond donors (Lipinski definition) is 1. The van der Waals surface area contributed by atoms with Crippen LogP contribution in [0.15, 0.2) is 30.4 Å². The third-order valence-electron chi connectivity index (χ3n) is 2.64. The number of aliphatic hydroxyl groups is 1. The molecule has 1 N–H and O–H groups in total. The maximum absolute atomic E-state index is 11.5. The lowest BCUT2D eigenvalue weighted by Crippen LogP contribution is -2.06. The van der Waals surface area contributed by atoms with Gasteiger partial charge in [-0.3, -0.25) is 4.79 Å². The van der Waals surface area contributed by atoms with Gasteiger partial charge in [0.15, 0.2) is 5.78 Å². The Morgan fingerprint density at radius 1 is 1.42 bits per heavy atom. The van der Waals surface area contributed by atoms with E-state index in [0.717, 1.165) is 24.2 Å². The van der Waals surface area contributed by atoms with Gasteiger partial charge in [0.05, 0.1) is 0 Å². The summed E-state index contributed by atoms with van der Waals surface area (Å²) >= 11 is 5.53. The Balaban J connectivity index is 2.84. The number of benzene rings is 1. The van der Waals surface area contributed by atoms with Crippen molar-refractivity contribution in [2.75, 3.05) is 19.1 Å². The number of carbonyl (C=O) groups is 1. The molecule has 1 aromatic rings. The Labute approximate surface area is 118 Å². The first-order valence-electron chi connectivity index (χ1n) is 6.33. The number of ketones is 1. The monoisotopic (exact) mass is 282 g/mol. The molecule has 0 aliphatic rings. The molecular weight excluding hydrogens is 264 g/mol. The minimum Gasteiger partial charge on any atom is -0.489 e. The number of aliphatic hydroxyl groups excluding tert-OH is 1. The zero-order chi connectivity index (χ0) is 14.1. The third kappa shape index (κ3) is 5.05. The van der Waals surface area contributed by atoms with E-state index in [1.165, 1.54) is 0 Å². The lowest BCUT2D eigenvalue weighted by molar-refractivity contribution is 0.0903. The quantitative estimate of drug-likeness (QED) is 0.453. The Morgan fingerprint density at radius 3 is 2.84 bits per heavy atom. The van der Waals surface area contributed by atoms with Crippen molar-refractivity contribution in [3.05, 3.63) is 41.5 Å². The third-order valence-corrected chi connectivity index (χ3v) is 2.81. The molecule has 0 unspecified atom stereocenters. The van der Waals surface area contributed by atoms with E-state index in [-0.39, 0.29) is 5.78 Å². The predicted octanol–water partition coefficient (Wildman–Crippen LogP) is 2.99. The van der Waals surface area contributed by atoms with Crippen LogP contribution in [0, 0.1) is 0 Å². The Morgan fingerprint density at radius 2 is 2.21 bits per heavy atom. The molecule has 0 spiro atoms. The summed E-state index contributed by atoms with van der Waals surface area (Å²) in [5.74, 6) is 0.969. The fourth-order valence-electron chi connectivity index (χ4n) is 1.72. The molecule has 0 radical (unpaired) electrons. The van der Waals surface area contributed by atoms with Crippen LogP contribution in [0.1, 0.15) is 29.3 Å². The normalized spacial score (nSPS) is 10.9. The summed E-state index contributed by atoms with van der Waals surface area (Å²) in [6.45, 7) is 2.05. The Bertz CT molecular complexity index is 441. The van der Waals surface area contributed by atoms with Crippen LogP contribution in [0.4, 0.5) is 0 Å². The van der Waals surface area contributed by atoms with Crippen molar-refractivity contribution in [2.24, 2.45) is 0 Å². The van der Waals surface area contributed by atoms with E-state index in [9.17, 15) is 4.79 Å². The first kappa shape index (κ1) is 15.7. The van der Waals surface area contributed by atoms with Gasteiger partial charge >= 0.3 is 0 Å². The van der Waals surface area contributed by atoms with Crippen LogP contribution in [-0.2, 0) is 6.42 Å². The molecule has 1 aromatic carbocycles. The van der Waals surface area contributed by atoms with Gasteiger partial charge in [-0.15, -0.1) is 11.6 Å². The Hall–Kier alpha value is -1.32. The second-order valence-corrected chi connectivity index (χ2v) is 4.40. The molecule has 0 saturated carbocycles. The Kier molecular flexibility index (Phi) is 7.23. The van der Waals surface area contributed by atoms with Gasteiger partial charge in [-0.25, -0.2) is 0 Å². The number of aryl methyl sites for hydroxylation is 1. The van der Waals surface area contributed by atoms with Crippen molar-refractivity contribution in [1.29, 1.82) is 0 Å². The van der Waals surface area contributed by atoms with Crippen LogP contribution in [0.2, 0.25) is 0 Å². The number of ether oxygens (including phenoxy) is 1. The molecule has 1 rings (SSSR count). The predicted molar refractivity (Wildman–Crippen MR) is 77.2 cm³/mol. The van der Waals surface area contributed by atoms with Crippen LogP contribution in [0.25, 0.3) is 0 Å². The number of allylic oxidation sites excluding steroid dienone is 1. The van der Waals surface area contributed by atoms with Crippen molar-refractivity contribution in [3.8, 4) is 5.75 Å². The fraction of sp³-hybridized carbons (Fsp3) is 0.400. The van der Waals surface area contributed by atoms with Crippen molar-refractivity contribution in [2.45, 2.75) is 19.8 Å². The largest absolute Gasteiger partial charge is 0.489 e. The molecular formula is C15H19ClO3. The smallest absolute Gasteiger partial charge is 0.188 e. The highest BCUT2D eigenvalue weighted by Gasteiger charge is 2.09. The molecule has 0 aromatic heterocycles. The number of rotatable bonds is 8. The van der Waals surface area contributed by atoms with E-state index in [0.29, 0.717) is 18.1 Å². The lowest BCUT2D eigenvalue weighted by Gasteiger charge is -2.11. The topological polar surface area (TPSA) is 46.5 Å². The van der Waals surface area contributed by atoms with Gasteiger partial charge in [0.1, 0.15) is 19.0 Å². The second kappa shape index (κ2) is 8.73. The van der Waals surface area contributed by atoms with E-state index in [4.69, 9.17) is 21.4 Å². The highest BCUT2D eigenvalue weighted by atomic mass is 35.5. The summed E-state index contributed by atoms with van der Waals surface area (Å²) in [7, 11) is 0. The fourth-order valence-corrected chi connectivity index (χ4v) is 1.84. The molecule has 0 amide bonds. The number of hydrogen-bond acceptors (Lipinski definition) is 3. The van der Waals surface area contributed by atoms with Gasteiger partial charge in [0, 0.05) is 11.4 Å². The number of alkyl halides is 1. The summed E-state index contributed by atoms with van der Waals surface area (Å²) in [5, 5.41) is 8.88. The SMILES string of the molecule is CCCc1cc(C(=O)CO)ccc1OCC=CCCl. The molecule has 3 nitrogen and oxygen atoms in total. The first-order chi connectivity index (χ1) is 9.22. The summed E-state index contributed by atoms with van der Waals surface area (Å²) in [6, 6.07) is 5.25. The summed E-state index contributed by atoms with van der Waals surface area (Å²) < 4.78 is 5.64. The van der Waals surface area contributed by atoms with E-state index in [1.54, 1.807) is 18.2 Å². The van der Waals surface area contributed by atoms with Crippen LogP contribution in [-0.4, -0.2) is 30.0 Å². The van der Waals surface area contributed by atoms with Crippen LogP contribution < -0.4 is 4.74 Å². The minimum atomic E-state index is -0.468. The van der Waals surface area contributed by atoms with Gasteiger partial charge in [-0.2, -0.15) is 0 Å². The minimum absolute atomic E-state index is 0.272. The van der Waals surface area contributed by atoms with Gasteiger partial charge < -0.3 is 9.84 Å². The van der Waals surface area contributed by atoms with Gasteiger partial charge in [-0.1, -0.05) is 25.5 Å². The molecule has 0 bridgehead atoms. The van der Waals surface area contributed by atoms with Crippen molar-refractivity contribution in [1.82, 2.24) is 0 Å². The molecule has 19 heavy (non-hydrogen) atoms.